The Labute approximate surface area is 393 Å². The maximum Gasteiger partial charge on any atom is 3.00 e. The van der Waals surface area contributed by atoms with Gasteiger partial charge >= 0.3 is 263 Å². The van der Waals surface area contributed by atoms with Crippen molar-refractivity contribution in [2.75, 3.05) is 0 Å². The quantitative estimate of drug-likeness (QED) is 0.168. The molecule has 160 valence electrons. The van der Waals surface area contributed by atoms with Crippen molar-refractivity contribution in [3.05, 3.63) is 0 Å². The standard InChI is InChI=1S/3Al.5FH.3K.3Li.5O3Si/c;;;;;;;;;;;;;;5*1-4(2)3/h;;;5*1H;;;;;;;;;;;/q3*+3;;;;;;6*+1;5*-2/p-5. The minimum Gasteiger partial charge on any atom is -1.00 e. The van der Waals surface area contributed by atoms with Crippen molar-refractivity contribution >= 4 is 97.9 Å². The van der Waals surface area contributed by atoms with Gasteiger partial charge in [0.25, 0.3) is 0 Å². The Balaban J connectivity index is -0.00000000441. The van der Waals surface area contributed by atoms with Gasteiger partial charge in [0, 0.05) is 45.9 Å². The molecule has 34 heavy (non-hydrogen) atoms. The number of halogens is 5. The fraction of sp³-hybridized carbons (Fsp3) is 0. The van der Waals surface area contributed by atoms with Crippen LogP contribution in [0.3, 0.4) is 0 Å². The normalized spacial score (nSPS) is 3.53. The van der Waals surface area contributed by atoms with E-state index in [0.29, 0.717) is 0 Å². The second-order valence-electron chi connectivity index (χ2n) is 1.25. The molecule has 0 aliphatic carbocycles. The predicted molar refractivity (Wildman–Crippen MR) is 49.5 cm³/mol. The average molecular weight is 694 g/mol. The fourth-order valence-electron chi connectivity index (χ4n) is 0. The van der Waals surface area contributed by atoms with Crippen molar-refractivity contribution in [2.24, 2.45) is 0 Å². The minimum atomic E-state index is -3.63. The van der Waals surface area contributed by atoms with Gasteiger partial charge in [-0.1, -0.05) is 0 Å². The van der Waals surface area contributed by atoms with Gasteiger partial charge in [0.05, 0.1) is 0 Å². The number of hydrogen-bond acceptors (Lipinski definition) is 15. The third-order valence-electron chi connectivity index (χ3n) is 0. The van der Waals surface area contributed by atoms with Crippen LogP contribution in [0.25, 0.3) is 0 Å². The Morgan fingerprint density at radius 3 is 0.294 bits per heavy atom. The van der Waals surface area contributed by atoms with Crippen molar-refractivity contribution < 1.29 is 305 Å². The molecule has 0 aliphatic rings. The van der Waals surface area contributed by atoms with Crippen molar-refractivity contribution in [1.82, 2.24) is 0 Å². The molecule has 0 aliphatic heterocycles. The fourth-order valence-corrected chi connectivity index (χ4v) is 0. The molecule has 0 unspecified atom stereocenters. The first-order valence-corrected chi connectivity index (χ1v) is 9.19. The summed E-state index contributed by atoms with van der Waals surface area (Å²) in [6.07, 6.45) is 0. The summed E-state index contributed by atoms with van der Waals surface area (Å²) in [7, 11) is -18.1. The topological polar surface area (TPSA) is 316 Å². The van der Waals surface area contributed by atoms with E-state index >= 15 is 0 Å². The van der Waals surface area contributed by atoms with E-state index in [-0.39, 0.29) is 286 Å². The van der Waals surface area contributed by atoms with E-state index in [0.717, 1.165) is 0 Å². The molecular weight excluding hydrogens is 694 g/mol. The molecule has 0 heterocycles. The monoisotopic (exact) mass is 694 g/mol. The first kappa shape index (κ1) is 138. The first-order valence-electron chi connectivity index (χ1n) is 3.06. The van der Waals surface area contributed by atoms with Crippen LogP contribution in [0.5, 0.6) is 0 Å². The van der Waals surface area contributed by atoms with Crippen LogP contribution in [-0.2, 0) is 22.3 Å². The summed E-state index contributed by atoms with van der Waals surface area (Å²) in [6.45, 7) is 0. The Bertz CT molecular complexity index is 262. The Morgan fingerprint density at radius 2 is 0.294 bits per heavy atom. The molecule has 0 spiro atoms. The van der Waals surface area contributed by atoms with Crippen molar-refractivity contribution in [1.29, 1.82) is 0 Å². The van der Waals surface area contributed by atoms with Gasteiger partial charge in [-0.3, -0.25) is 0 Å². The van der Waals surface area contributed by atoms with Crippen LogP contribution in [0.1, 0.15) is 0 Å². The Hall–Kier alpha value is 6.03. The van der Waals surface area contributed by atoms with Crippen molar-refractivity contribution in [3.8, 4) is 0 Å². The van der Waals surface area contributed by atoms with Crippen LogP contribution in [0.4, 0.5) is 0 Å². The van der Waals surface area contributed by atoms with Gasteiger partial charge in [-0.2, -0.15) is 0 Å². The van der Waals surface area contributed by atoms with Crippen molar-refractivity contribution in [3.63, 3.8) is 0 Å². The zero-order valence-corrected chi connectivity index (χ0v) is 36.1. The molecule has 0 aromatic heterocycles. The SMILES string of the molecule is O=[Si]([O-])[O-].O=[Si]([O-])[O-].O=[Si]([O-])[O-].O=[Si]([O-])[O-].O=[Si]([O-])[O-].[Al+3].[Al+3].[Al+3].[F-].[F-].[F-].[F-].[F-].[K+].[K+].[K+].[Li+].[Li+].[Li+]. The molecule has 0 aromatic rings. The summed E-state index contributed by atoms with van der Waals surface area (Å²) >= 11 is 0. The average Bonchev–Trinajstić information content (AvgIpc) is 1.94. The second-order valence-corrected chi connectivity index (χ2v) is 3.75. The zero-order chi connectivity index (χ0) is 17.9. The maximum atomic E-state index is 8.52. The predicted octanol–water partition coefficient (Wildman–Crippen LogP) is -48.5. The van der Waals surface area contributed by atoms with Crippen LogP contribution >= 0.6 is 0 Å². The van der Waals surface area contributed by atoms with Crippen LogP contribution in [0, 0.1) is 0 Å². The first-order chi connectivity index (χ1) is 8.66. The molecular formula is Al3F5K3Li3O15Si5. The Morgan fingerprint density at radius 1 is 0.294 bits per heavy atom. The van der Waals surface area contributed by atoms with Gasteiger partial charge in [-0.25, -0.2) is 0 Å². The van der Waals surface area contributed by atoms with E-state index in [4.69, 9.17) is 70.3 Å². The van der Waals surface area contributed by atoms with E-state index in [1.807, 2.05) is 0 Å². The third kappa shape index (κ3) is 1430. The van der Waals surface area contributed by atoms with Crippen molar-refractivity contribution in [2.45, 2.75) is 0 Å². The molecule has 0 atom stereocenters. The molecule has 34 heteroatoms. The summed E-state index contributed by atoms with van der Waals surface area (Å²) in [5.74, 6) is 0. The van der Waals surface area contributed by atoms with Gasteiger partial charge in [-0.05, 0) is 0 Å². The second kappa shape index (κ2) is 128. The number of rotatable bonds is 0. The molecule has 0 saturated carbocycles. The van der Waals surface area contributed by atoms with Gasteiger partial charge in [0.15, 0.2) is 0 Å². The van der Waals surface area contributed by atoms with Gasteiger partial charge in [0.1, 0.15) is 0 Å². The summed E-state index contributed by atoms with van der Waals surface area (Å²) in [5, 5.41) is 0. The van der Waals surface area contributed by atoms with E-state index in [9.17, 15) is 0 Å². The van der Waals surface area contributed by atoms with E-state index < -0.39 is 45.9 Å². The van der Waals surface area contributed by atoms with Gasteiger partial charge < -0.3 is 93.8 Å². The molecule has 0 radical (unpaired) electrons. The largest absolute Gasteiger partial charge is 3.00 e. The third-order valence-corrected chi connectivity index (χ3v) is 0. The van der Waals surface area contributed by atoms with E-state index in [1.165, 1.54) is 0 Å². The smallest absolute Gasteiger partial charge is 1.00 e. The zero-order valence-electron chi connectivity index (χ0n) is 18.2. The van der Waals surface area contributed by atoms with Gasteiger partial charge in [-0.15, -0.1) is 0 Å². The molecule has 0 fully saturated rings. The maximum absolute atomic E-state index is 8.52. The summed E-state index contributed by atoms with van der Waals surface area (Å²) < 4.78 is 42.6. The molecule has 0 bridgehead atoms. The van der Waals surface area contributed by atoms with Crippen LogP contribution in [0.15, 0.2) is 0 Å². The summed E-state index contributed by atoms with van der Waals surface area (Å²) in [5.41, 5.74) is 0. The molecule has 15 nitrogen and oxygen atoms in total. The van der Waals surface area contributed by atoms with E-state index in [2.05, 4.69) is 0 Å². The minimum absolute atomic E-state index is 0. The van der Waals surface area contributed by atoms with Crippen LogP contribution in [0.2, 0.25) is 0 Å². The van der Waals surface area contributed by atoms with Crippen LogP contribution in [-0.4, -0.2) is 97.9 Å². The van der Waals surface area contributed by atoms with E-state index in [1.54, 1.807) is 0 Å². The van der Waals surface area contributed by atoms with Gasteiger partial charge in [0.2, 0.25) is 0 Å². The molecule has 0 saturated heterocycles. The van der Waals surface area contributed by atoms with Crippen LogP contribution < -0.4 is 282 Å². The molecule has 0 N–H and O–H groups in total. The summed E-state index contributed by atoms with van der Waals surface area (Å²) in [4.78, 5) is 85.2. The number of hydrogen-bond donors (Lipinski definition) is 0. The molecule has 0 aromatic carbocycles. The molecule has 0 rings (SSSR count). The molecule has 0 amide bonds. The Kier molecular flexibility index (Phi) is 518. The summed E-state index contributed by atoms with van der Waals surface area (Å²) in [6, 6.07) is 0.